The van der Waals surface area contributed by atoms with Crippen molar-refractivity contribution in [2.45, 2.75) is 33.8 Å². The molecule has 0 atom stereocenters. The highest BCUT2D eigenvalue weighted by atomic mass is 16.5. The predicted octanol–water partition coefficient (Wildman–Crippen LogP) is 3.18. The molecule has 0 aliphatic rings. The Labute approximate surface area is 130 Å². The van der Waals surface area contributed by atoms with Crippen molar-refractivity contribution in [3.05, 3.63) is 52.8 Å². The van der Waals surface area contributed by atoms with Gasteiger partial charge in [-0.3, -0.25) is 4.79 Å². The van der Waals surface area contributed by atoms with E-state index in [1.54, 1.807) is 30.5 Å². The molecule has 5 nitrogen and oxygen atoms in total. The molecule has 1 amide bonds. The molecule has 0 fully saturated rings. The van der Waals surface area contributed by atoms with Crippen LogP contribution in [0.1, 0.15) is 41.2 Å². The predicted molar refractivity (Wildman–Crippen MR) is 87.5 cm³/mol. The van der Waals surface area contributed by atoms with Crippen molar-refractivity contribution in [3.63, 3.8) is 0 Å². The summed E-state index contributed by atoms with van der Waals surface area (Å²) < 4.78 is 5.54. The summed E-state index contributed by atoms with van der Waals surface area (Å²) in [6, 6.07) is 8.96. The summed E-state index contributed by atoms with van der Waals surface area (Å²) in [7, 11) is 0. The van der Waals surface area contributed by atoms with Gasteiger partial charge in [-0.1, -0.05) is 0 Å². The lowest BCUT2D eigenvalue weighted by molar-refractivity contribution is 0.0955. The summed E-state index contributed by atoms with van der Waals surface area (Å²) in [5.74, 6) is 0.491. The minimum atomic E-state index is -0.253. The fourth-order valence-electron chi connectivity index (χ4n) is 2.06. The molecule has 2 rings (SSSR count). The van der Waals surface area contributed by atoms with Crippen molar-refractivity contribution in [1.82, 2.24) is 10.4 Å². The van der Waals surface area contributed by atoms with E-state index in [1.165, 1.54) is 0 Å². The number of hydrogen-bond donors (Lipinski definition) is 2. The molecule has 1 aromatic heterocycles. The number of ether oxygens (including phenoxy) is 1. The van der Waals surface area contributed by atoms with E-state index in [4.69, 9.17) is 4.74 Å². The monoisotopic (exact) mass is 299 g/mol. The average molecular weight is 299 g/mol. The minimum Gasteiger partial charge on any atom is -0.491 e. The Morgan fingerprint density at radius 1 is 1.27 bits per heavy atom. The number of nitrogens with one attached hydrogen (secondary N) is 2. The third kappa shape index (κ3) is 4.22. The fraction of sp³-hybridized carbons (Fsp3) is 0.294. The molecule has 116 valence electrons. The highest BCUT2D eigenvalue weighted by Crippen LogP contribution is 2.13. The van der Waals surface area contributed by atoms with Crippen LogP contribution in [0.5, 0.6) is 5.75 Å². The second kappa shape index (κ2) is 6.93. The lowest BCUT2D eigenvalue weighted by Crippen LogP contribution is -2.17. The number of nitrogens with zero attached hydrogens (tertiary/aromatic N) is 1. The van der Waals surface area contributed by atoms with Crippen LogP contribution in [0.25, 0.3) is 0 Å². The highest BCUT2D eigenvalue weighted by Gasteiger charge is 2.05. The van der Waals surface area contributed by atoms with E-state index in [0.29, 0.717) is 5.56 Å². The normalized spacial score (nSPS) is 11.1. The molecule has 2 N–H and O–H groups in total. The van der Waals surface area contributed by atoms with E-state index in [2.05, 4.69) is 15.5 Å². The van der Waals surface area contributed by atoms with Gasteiger partial charge in [-0.2, -0.15) is 5.10 Å². The molecule has 0 aliphatic carbocycles. The van der Waals surface area contributed by atoms with Gasteiger partial charge >= 0.3 is 0 Å². The van der Waals surface area contributed by atoms with Gasteiger partial charge in [0.25, 0.3) is 5.91 Å². The standard InChI is InChI=1S/C17H21N3O2/c1-11(2)22-16-7-5-14(6-8-16)17(21)20-18-10-15-9-12(3)19-13(15)4/h5-11,19H,1-4H3,(H,20,21)/b18-10+. The zero-order chi connectivity index (χ0) is 16.1. The van der Waals surface area contributed by atoms with Crippen molar-refractivity contribution in [3.8, 4) is 5.75 Å². The average Bonchev–Trinajstić information content (AvgIpc) is 2.77. The molecule has 2 aromatic rings. The number of hydrogen-bond acceptors (Lipinski definition) is 3. The van der Waals surface area contributed by atoms with E-state index in [-0.39, 0.29) is 12.0 Å². The topological polar surface area (TPSA) is 66.5 Å². The molecule has 0 spiro atoms. The van der Waals surface area contributed by atoms with Gasteiger partial charge in [0, 0.05) is 22.5 Å². The molecule has 0 radical (unpaired) electrons. The summed E-state index contributed by atoms with van der Waals surface area (Å²) in [4.78, 5) is 15.2. The van der Waals surface area contributed by atoms with Gasteiger partial charge in [0.2, 0.25) is 0 Å². The van der Waals surface area contributed by atoms with Gasteiger partial charge < -0.3 is 9.72 Å². The van der Waals surface area contributed by atoms with Crippen LogP contribution in [-0.4, -0.2) is 23.2 Å². The van der Waals surface area contributed by atoms with E-state index >= 15 is 0 Å². The third-order valence-electron chi connectivity index (χ3n) is 3.05. The molecule has 0 aliphatic heterocycles. The number of rotatable bonds is 5. The van der Waals surface area contributed by atoms with E-state index < -0.39 is 0 Å². The van der Waals surface area contributed by atoms with E-state index in [1.807, 2.05) is 33.8 Å². The Balaban J connectivity index is 1.96. The summed E-state index contributed by atoms with van der Waals surface area (Å²) >= 11 is 0. The van der Waals surface area contributed by atoms with Crippen LogP contribution in [0.15, 0.2) is 35.4 Å². The molecule has 0 unspecified atom stereocenters. The Hall–Kier alpha value is -2.56. The number of amides is 1. The number of benzene rings is 1. The first-order valence-corrected chi connectivity index (χ1v) is 7.22. The van der Waals surface area contributed by atoms with E-state index in [9.17, 15) is 4.79 Å². The van der Waals surface area contributed by atoms with Crippen molar-refractivity contribution in [2.75, 3.05) is 0 Å². The largest absolute Gasteiger partial charge is 0.491 e. The lowest BCUT2D eigenvalue weighted by atomic mass is 10.2. The second-order valence-corrected chi connectivity index (χ2v) is 5.42. The van der Waals surface area contributed by atoms with Gasteiger partial charge in [-0.05, 0) is 58.0 Å². The van der Waals surface area contributed by atoms with Crippen LogP contribution in [-0.2, 0) is 0 Å². The van der Waals surface area contributed by atoms with Gasteiger partial charge in [-0.15, -0.1) is 0 Å². The van der Waals surface area contributed by atoms with Gasteiger partial charge in [-0.25, -0.2) is 5.43 Å². The van der Waals surface area contributed by atoms with Crippen molar-refractivity contribution in [2.24, 2.45) is 5.10 Å². The molecule has 1 aromatic carbocycles. The lowest BCUT2D eigenvalue weighted by Gasteiger charge is -2.09. The Morgan fingerprint density at radius 2 is 1.95 bits per heavy atom. The number of aryl methyl sites for hydroxylation is 2. The van der Waals surface area contributed by atoms with Crippen LogP contribution in [0, 0.1) is 13.8 Å². The molecule has 22 heavy (non-hydrogen) atoms. The van der Waals surface area contributed by atoms with Crippen LogP contribution >= 0.6 is 0 Å². The maximum absolute atomic E-state index is 12.0. The summed E-state index contributed by atoms with van der Waals surface area (Å²) in [6.45, 7) is 7.85. The summed E-state index contributed by atoms with van der Waals surface area (Å²) in [6.07, 6.45) is 1.74. The van der Waals surface area contributed by atoms with Gasteiger partial charge in [0.05, 0.1) is 12.3 Å². The number of carbonyl (C=O) groups excluding carboxylic acids is 1. The quantitative estimate of drug-likeness (QED) is 0.658. The van der Waals surface area contributed by atoms with Crippen LogP contribution < -0.4 is 10.2 Å². The maximum Gasteiger partial charge on any atom is 0.271 e. The zero-order valence-electron chi connectivity index (χ0n) is 13.3. The Kier molecular flexibility index (Phi) is 4.99. The van der Waals surface area contributed by atoms with E-state index in [0.717, 1.165) is 22.7 Å². The fourth-order valence-corrected chi connectivity index (χ4v) is 2.06. The highest BCUT2D eigenvalue weighted by molar-refractivity contribution is 5.95. The van der Waals surface area contributed by atoms with Crippen LogP contribution in [0.3, 0.4) is 0 Å². The molecular formula is C17H21N3O2. The number of carbonyl (C=O) groups is 1. The zero-order valence-corrected chi connectivity index (χ0v) is 13.3. The smallest absolute Gasteiger partial charge is 0.271 e. The maximum atomic E-state index is 12.0. The number of hydrazone groups is 1. The van der Waals surface area contributed by atoms with Crippen molar-refractivity contribution >= 4 is 12.1 Å². The first kappa shape index (κ1) is 15.8. The van der Waals surface area contributed by atoms with Gasteiger partial charge in [0.15, 0.2) is 0 Å². The minimum absolute atomic E-state index is 0.109. The third-order valence-corrected chi connectivity index (χ3v) is 3.05. The number of H-pyrrole nitrogens is 1. The van der Waals surface area contributed by atoms with Crippen molar-refractivity contribution in [1.29, 1.82) is 0 Å². The first-order chi connectivity index (χ1) is 10.5. The number of aromatic amines is 1. The SMILES string of the molecule is Cc1cc(/C=N/NC(=O)c2ccc(OC(C)C)cc2)c(C)[nH]1. The van der Waals surface area contributed by atoms with Crippen LogP contribution in [0.2, 0.25) is 0 Å². The first-order valence-electron chi connectivity index (χ1n) is 7.22. The van der Waals surface area contributed by atoms with Crippen LogP contribution in [0.4, 0.5) is 0 Å². The molecule has 1 heterocycles. The van der Waals surface area contributed by atoms with Crippen molar-refractivity contribution < 1.29 is 9.53 Å². The molecule has 0 saturated carbocycles. The molecule has 0 saturated heterocycles. The summed E-state index contributed by atoms with van der Waals surface area (Å²) in [5.41, 5.74) is 6.09. The molecule has 5 heteroatoms. The second-order valence-electron chi connectivity index (χ2n) is 5.42. The Morgan fingerprint density at radius 3 is 2.50 bits per heavy atom. The molecular weight excluding hydrogens is 278 g/mol. The number of aromatic nitrogens is 1. The summed E-state index contributed by atoms with van der Waals surface area (Å²) in [5, 5.41) is 3.99. The Bertz CT molecular complexity index is 670. The van der Waals surface area contributed by atoms with Gasteiger partial charge in [0.1, 0.15) is 5.75 Å². The molecule has 0 bridgehead atoms.